The van der Waals surface area contributed by atoms with Crippen LogP contribution in [0.25, 0.3) is 0 Å². The molecule has 0 aromatic rings. The van der Waals surface area contributed by atoms with E-state index in [1.54, 1.807) is 6.08 Å². The minimum absolute atomic E-state index is 0.473. The SMILES string of the molecule is N#CC1=CCC1(Cl)Cl. The fraction of sp³-hybridized carbons (Fsp3) is 0.400. The molecule has 0 amide bonds. The van der Waals surface area contributed by atoms with Gasteiger partial charge in [0.2, 0.25) is 0 Å². The van der Waals surface area contributed by atoms with Crippen LogP contribution in [0.5, 0.6) is 0 Å². The summed E-state index contributed by atoms with van der Waals surface area (Å²) in [4.78, 5) is 0. The lowest BCUT2D eigenvalue weighted by Crippen LogP contribution is -2.22. The van der Waals surface area contributed by atoms with E-state index >= 15 is 0 Å². The van der Waals surface area contributed by atoms with Crippen LogP contribution in [-0.4, -0.2) is 4.33 Å². The Kier molecular flexibility index (Phi) is 1.22. The topological polar surface area (TPSA) is 23.8 Å². The van der Waals surface area contributed by atoms with Crippen molar-refractivity contribution in [1.82, 2.24) is 0 Å². The van der Waals surface area contributed by atoms with Crippen LogP contribution in [0.1, 0.15) is 6.42 Å². The Labute approximate surface area is 57.5 Å². The van der Waals surface area contributed by atoms with Crippen LogP contribution < -0.4 is 0 Å². The van der Waals surface area contributed by atoms with E-state index in [0.717, 1.165) is 0 Å². The fourth-order valence-electron chi connectivity index (χ4n) is 0.486. The highest BCUT2D eigenvalue weighted by Gasteiger charge is 2.35. The molecule has 1 nitrogen and oxygen atoms in total. The second-order valence-corrected chi connectivity index (χ2v) is 3.12. The third-order valence-corrected chi connectivity index (χ3v) is 1.79. The molecule has 0 unspecified atom stereocenters. The zero-order valence-corrected chi connectivity index (χ0v) is 5.50. The monoisotopic (exact) mass is 147 g/mol. The average molecular weight is 148 g/mol. The van der Waals surface area contributed by atoms with Crippen LogP contribution in [0.4, 0.5) is 0 Å². The van der Waals surface area contributed by atoms with Crippen LogP contribution in [0.2, 0.25) is 0 Å². The van der Waals surface area contributed by atoms with Gasteiger partial charge in [0, 0.05) is 6.42 Å². The molecule has 0 heterocycles. The lowest BCUT2D eigenvalue weighted by molar-refractivity contribution is 0.845. The molecule has 8 heavy (non-hydrogen) atoms. The predicted molar refractivity (Wildman–Crippen MR) is 32.8 cm³/mol. The first-order valence-electron chi connectivity index (χ1n) is 2.15. The first-order chi connectivity index (χ1) is 3.67. The van der Waals surface area contributed by atoms with Crippen LogP contribution >= 0.6 is 23.2 Å². The molecule has 0 aliphatic heterocycles. The van der Waals surface area contributed by atoms with Crippen molar-refractivity contribution in [1.29, 1.82) is 5.26 Å². The Bertz CT molecular complexity index is 175. The van der Waals surface area contributed by atoms with Crippen molar-refractivity contribution >= 4 is 23.2 Å². The van der Waals surface area contributed by atoms with Gasteiger partial charge in [-0.25, -0.2) is 0 Å². The minimum atomic E-state index is -0.866. The number of alkyl halides is 2. The Morgan fingerprint density at radius 2 is 2.38 bits per heavy atom. The van der Waals surface area contributed by atoms with Crippen LogP contribution in [0.3, 0.4) is 0 Å². The van der Waals surface area contributed by atoms with E-state index < -0.39 is 4.33 Å². The van der Waals surface area contributed by atoms with E-state index in [2.05, 4.69) is 0 Å². The maximum absolute atomic E-state index is 8.23. The molecule has 0 aromatic carbocycles. The van der Waals surface area contributed by atoms with Gasteiger partial charge in [0.05, 0.1) is 11.6 Å². The van der Waals surface area contributed by atoms with Crippen LogP contribution in [0, 0.1) is 11.3 Å². The predicted octanol–water partition coefficient (Wildman–Crippen LogP) is 2.01. The Morgan fingerprint density at radius 3 is 2.38 bits per heavy atom. The highest BCUT2D eigenvalue weighted by molar-refractivity contribution is 6.51. The molecule has 0 spiro atoms. The average Bonchev–Trinajstić information content (AvgIpc) is 1.66. The Morgan fingerprint density at radius 1 is 1.75 bits per heavy atom. The molecule has 1 aliphatic carbocycles. The summed E-state index contributed by atoms with van der Waals surface area (Å²) in [7, 11) is 0. The molecule has 0 fully saturated rings. The van der Waals surface area contributed by atoms with Gasteiger partial charge in [-0.3, -0.25) is 0 Å². The number of hydrogen-bond donors (Lipinski definition) is 0. The molecule has 1 aliphatic rings. The van der Waals surface area contributed by atoms with E-state index in [4.69, 9.17) is 28.5 Å². The minimum Gasteiger partial charge on any atom is -0.193 e. The lowest BCUT2D eigenvalue weighted by atomic mass is 9.99. The first-order valence-corrected chi connectivity index (χ1v) is 2.91. The molecule has 0 saturated heterocycles. The molecule has 42 valence electrons. The smallest absolute Gasteiger partial charge is 0.156 e. The molecular weight excluding hydrogens is 145 g/mol. The van der Waals surface area contributed by atoms with Crippen molar-refractivity contribution in [2.45, 2.75) is 10.8 Å². The molecular formula is C5H3Cl2N. The third-order valence-electron chi connectivity index (χ3n) is 1.08. The summed E-state index contributed by atoms with van der Waals surface area (Å²) in [6.07, 6.45) is 2.32. The van der Waals surface area contributed by atoms with Gasteiger partial charge in [-0.05, 0) is 0 Å². The molecule has 0 N–H and O–H groups in total. The van der Waals surface area contributed by atoms with Gasteiger partial charge < -0.3 is 0 Å². The molecule has 0 radical (unpaired) electrons. The van der Waals surface area contributed by atoms with Gasteiger partial charge in [0.25, 0.3) is 0 Å². The largest absolute Gasteiger partial charge is 0.193 e. The number of allylic oxidation sites excluding steroid dienone is 2. The second-order valence-electron chi connectivity index (χ2n) is 1.64. The maximum Gasteiger partial charge on any atom is 0.156 e. The van der Waals surface area contributed by atoms with Crippen LogP contribution in [0.15, 0.2) is 11.6 Å². The summed E-state index contributed by atoms with van der Waals surface area (Å²) < 4.78 is -0.866. The standard InChI is InChI=1S/C5H3Cl2N/c6-5(7)2-1-4(5)3-8/h1H,2H2. The molecule has 0 bridgehead atoms. The van der Waals surface area contributed by atoms with Gasteiger partial charge >= 0.3 is 0 Å². The first kappa shape index (κ1) is 5.94. The van der Waals surface area contributed by atoms with E-state index in [0.29, 0.717) is 12.0 Å². The summed E-state index contributed by atoms with van der Waals surface area (Å²) in [6, 6.07) is 1.89. The molecule has 0 saturated carbocycles. The lowest BCUT2D eigenvalue weighted by Gasteiger charge is -2.24. The van der Waals surface area contributed by atoms with Gasteiger partial charge in [-0.2, -0.15) is 5.26 Å². The Balaban J connectivity index is 2.77. The van der Waals surface area contributed by atoms with Gasteiger partial charge in [0.15, 0.2) is 4.33 Å². The number of halogens is 2. The van der Waals surface area contributed by atoms with E-state index in [1.807, 2.05) is 6.07 Å². The van der Waals surface area contributed by atoms with E-state index in [9.17, 15) is 0 Å². The maximum atomic E-state index is 8.23. The van der Waals surface area contributed by atoms with E-state index in [1.165, 1.54) is 0 Å². The zero-order valence-electron chi connectivity index (χ0n) is 3.99. The summed E-state index contributed by atoms with van der Waals surface area (Å²) in [5.41, 5.74) is 0.473. The summed E-state index contributed by atoms with van der Waals surface area (Å²) in [5, 5.41) is 8.23. The summed E-state index contributed by atoms with van der Waals surface area (Å²) in [5.74, 6) is 0. The highest BCUT2D eigenvalue weighted by Crippen LogP contribution is 2.41. The van der Waals surface area contributed by atoms with Crippen molar-refractivity contribution in [3.63, 3.8) is 0 Å². The molecule has 3 heteroatoms. The highest BCUT2D eigenvalue weighted by atomic mass is 35.5. The quantitative estimate of drug-likeness (QED) is 0.482. The second kappa shape index (κ2) is 1.65. The van der Waals surface area contributed by atoms with Crippen molar-refractivity contribution < 1.29 is 0 Å². The summed E-state index contributed by atoms with van der Waals surface area (Å²) in [6.45, 7) is 0. The Hall–Kier alpha value is -0.190. The molecule has 1 rings (SSSR count). The van der Waals surface area contributed by atoms with Crippen molar-refractivity contribution in [2.75, 3.05) is 0 Å². The number of hydrogen-bond acceptors (Lipinski definition) is 1. The number of nitrogens with zero attached hydrogens (tertiary/aromatic N) is 1. The fourth-order valence-corrected chi connectivity index (χ4v) is 0.879. The number of rotatable bonds is 0. The van der Waals surface area contributed by atoms with Gasteiger partial charge in [-0.15, -0.1) is 0 Å². The number of nitriles is 1. The third kappa shape index (κ3) is 0.705. The van der Waals surface area contributed by atoms with Gasteiger partial charge in [-0.1, -0.05) is 29.3 Å². The van der Waals surface area contributed by atoms with Crippen molar-refractivity contribution in [3.05, 3.63) is 11.6 Å². The van der Waals surface area contributed by atoms with E-state index in [-0.39, 0.29) is 0 Å². The molecule has 0 aromatic heterocycles. The summed E-state index contributed by atoms with van der Waals surface area (Å²) >= 11 is 11.1. The normalized spacial score (nSPS) is 22.9. The zero-order chi connectivity index (χ0) is 6.20. The van der Waals surface area contributed by atoms with Crippen LogP contribution in [-0.2, 0) is 0 Å². The molecule has 0 atom stereocenters. The van der Waals surface area contributed by atoms with Crippen molar-refractivity contribution in [3.8, 4) is 6.07 Å². The van der Waals surface area contributed by atoms with Crippen molar-refractivity contribution in [2.24, 2.45) is 0 Å². The van der Waals surface area contributed by atoms with Gasteiger partial charge in [0.1, 0.15) is 0 Å².